The average molecular weight is 421 g/mol. The van der Waals surface area contributed by atoms with Gasteiger partial charge in [-0.3, -0.25) is 9.59 Å². The molecule has 0 radical (unpaired) electrons. The number of nitrogens with one attached hydrogen (secondary N) is 1. The van der Waals surface area contributed by atoms with Crippen LogP contribution in [0.4, 0.5) is 13.2 Å². The van der Waals surface area contributed by atoms with Crippen LogP contribution < -0.4 is 5.32 Å². The van der Waals surface area contributed by atoms with Crippen molar-refractivity contribution in [2.75, 3.05) is 13.2 Å². The van der Waals surface area contributed by atoms with E-state index in [9.17, 15) is 22.8 Å². The van der Waals surface area contributed by atoms with E-state index in [1.807, 2.05) is 6.92 Å². The second-order valence-electron chi connectivity index (χ2n) is 7.61. The molecule has 2 aliphatic rings. The number of amides is 2. The monoisotopic (exact) mass is 421 g/mol. The molecule has 0 bridgehead atoms. The maximum absolute atomic E-state index is 13.9. The Balaban J connectivity index is 1.59. The summed E-state index contributed by atoms with van der Waals surface area (Å²) in [6.45, 7) is 3.23. The molecular formula is C21H22F3N3O3. The van der Waals surface area contributed by atoms with E-state index in [-0.39, 0.29) is 24.1 Å². The van der Waals surface area contributed by atoms with Gasteiger partial charge < -0.3 is 19.5 Å². The molecule has 6 nitrogen and oxygen atoms in total. The number of halogens is 3. The summed E-state index contributed by atoms with van der Waals surface area (Å²) < 4.78 is 48.0. The number of aromatic nitrogens is 1. The second-order valence-corrected chi connectivity index (χ2v) is 7.61. The molecule has 1 atom stereocenters. The molecule has 0 aliphatic carbocycles. The molecule has 1 saturated heterocycles. The van der Waals surface area contributed by atoms with E-state index in [0.29, 0.717) is 43.2 Å². The highest BCUT2D eigenvalue weighted by Gasteiger charge is 2.32. The van der Waals surface area contributed by atoms with Crippen molar-refractivity contribution in [1.82, 2.24) is 14.8 Å². The lowest BCUT2D eigenvalue weighted by molar-refractivity contribution is 0.0684. The lowest BCUT2D eigenvalue weighted by Gasteiger charge is -2.24. The summed E-state index contributed by atoms with van der Waals surface area (Å²) in [6, 6.07) is 2.77. The normalized spacial score (nSPS) is 18.4. The van der Waals surface area contributed by atoms with Crippen LogP contribution in [0.5, 0.6) is 0 Å². The van der Waals surface area contributed by atoms with Crippen LogP contribution in [0.25, 0.3) is 0 Å². The SMILES string of the molecule is C[C@H]1CCCN1C(=O)c1cc(C(=O)NCc2c(F)cc(F)cc2F)c2n1CCOC2. The van der Waals surface area contributed by atoms with Crippen molar-refractivity contribution in [2.24, 2.45) is 0 Å². The number of likely N-dealkylation sites (tertiary alicyclic amines) is 1. The van der Waals surface area contributed by atoms with E-state index in [1.165, 1.54) is 6.07 Å². The average Bonchev–Trinajstić information content (AvgIpc) is 3.30. The summed E-state index contributed by atoms with van der Waals surface area (Å²) in [5.41, 5.74) is 0.754. The van der Waals surface area contributed by atoms with E-state index in [0.717, 1.165) is 12.8 Å². The van der Waals surface area contributed by atoms with Gasteiger partial charge in [-0.05, 0) is 25.8 Å². The quantitative estimate of drug-likeness (QED) is 0.826. The van der Waals surface area contributed by atoms with Gasteiger partial charge in [0.25, 0.3) is 11.8 Å². The Morgan fingerprint density at radius 3 is 2.57 bits per heavy atom. The largest absolute Gasteiger partial charge is 0.373 e. The van der Waals surface area contributed by atoms with Gasteiger partial charge in [-0.15, -0.1) is 0 Å². The molecule has 2 aliphatic heterocycles. The maximum atomic E-state index is 13.9. The number of fused-ring (bicyclic) bond motifs is 1. The van der Waals surface area contributed by atoms with Crippen molar-refractivity contribution in [3.63, 3.8) is 0 Å². The molecule has 1 aromatic carbocycles. The molecule has 160 valence electrons. The van der Waals surface area contributed by atoms with Crippen molar-refractivity contribution in [1.29, 1.82) is 0 Å². The van der Waals surface area contributed by atoms with E-state index >= 15 is 0 Å². The third-order valence-corrected chi connectivity index (χ3v) is 5.72. The fourth-order valence-electron chi connectivity index (χ4n) is 4.09. The lowest BCUT2D eigenvalue weighted by atomic mass is 10.1. The zero-order valence-electron chi connectivity index (χ0n) is 16.5. The van der Waals surface area contributed by atoms with Gasteiger partial charge >= 0.3 is 0 Å². The first-order valence-corrected chi connectivity index (χ1v) is 9.89. The first-order valence-electron chi connectivity index (χ1n) is 9.89. The Morgan fingerprint density at radius 1 is 1.17 bits per heavy atom. The third kappa shape index (κ3) is 3.69. The summed E-state index contributed by atoms with van der Waals surface area (Å²) in [7, 11) is 0. The van der Waals surface area contributed by atoms with Crippen LogP contribution in [0.2, 0.25) is 0 Å². The third-order valence-electron chi connectivity index (χ3n) is 5.72. The maximum Gasteiger partial charge on any atom is 0.270 e. The molecule has 4 rings (SSSR count). The van der Waals surface area contributed by atoms with Gasteiger partial charge in [0.2, 0.25) is 0 Å². The number of benzene rings is 1. The number of ether oxygens (including phenoxy) is 1. The van der Waals surface area contributed by atoms with Crippen molar-refractivity contribution in [3.05, 3.63) is 58.2 Å². The number of carbonyl (C=O) groups is 2. The second kappa shape index (κ2) is 8.14. The Bertz CT molecular complexity index is 982. The van der Waals surface area contributed by atoms with Crippen LogP contribution in [-0.4, -0.2) is 40.5 Å². The van der Waals surface area contributed by atoms with Gasteiger partial charge in [-0.2, -0.15) is 0 Å². The highest BCUT2D eigenvalue weighted by Crippen LogP contribution is 2.26. The lowest BCUT2D eigenvalue weighted by Crippen LogP contribution is -2.35. The number of hydrogen-bond acceptors (Lipinski definition) is 3. The first-order chi connectivity index (χ1) is 14.4. The molecule has 1 N–H and O–H groups in total. The Labute approximate surface area is 171 Å². The molecule has 2 amide bonds. The van der Waals surface area contributed by atoms with Crippen LogP contribution >= 0.6 is 0 Å². The smallest absolute Gasteiger partial charge is 0.270 e. The Hall–Kier alpha value is -2.81. The van der Waals surface area contributed by atoms with E-state index in [1.54, 1.807) is 9.47 Å². The molecule has 9 heteroatoms. The van der Waals surface area contributed by atoms with Crippen LogP contribution in [-0.2, 0) is 24.4 Å². The minimum Gasteiger partial charge on any atom is -0.373 e. The van der Waals surface area contributed by atoms with Gasteiger partial charge in [0.05, 0.1) is 24.5 Å². The van der Waals surface area contributed by atoms with Crippen LogP contribution in [0.15, 0.2) is 18.2 Å². The first kappa shape index (κ1) is 20.5. The predicted molar refractivity (Wildman–Crippen MR) is 101 cm³/mol. The standard InChI is InChI=1S/C21H22F3N3O3/c1-12-3-2-4-26(12)21(29)18-9-14(19-11-30-6-5-27(18)19)20(28)25-10-15-16(23)7-13(22)8-17(15)24/h7-9,12H,2-6,10-11H2,1H3,(H,25,28)/t12-/m0/s1. The van der Waals surface area contributed by atoms with Gasteiger partial charge in [-0.1, -0.05) is 0 Å². The Morgan fingerprint density at radius 2 is 1.90 bits per heavy atom. The number of hydrogen-bond donors (Lipinski definition) is 1. The summed E-state index contributed by atoms with van der Waals surface area (Å²) in [6.07, 6.45) is 1.87. The zero-order chi connectivity index (χ0) is 21.4. The molecule has 30 heavy (non-hydrogen) atoms. The summed E-state index contributed by atoms with van der Waals surface area (Å²) in [5.74, 6) is -3.90. The fourth-order valence-corrected chi connectivity index (χ4v) is 4.09. The van der Waals surface area contributed by atoms with Gasteiger partial charge in [-0.25, -0.2) is 13.2 Å². The minimum absolute atomic E-state index is 0.130. The number of carbonyl (C=O) groups excluding carboxylic acids is 2. The highest BCUT2D eigenvalue weighted by molar-refractivity contribution is 6.00. The molecule has 0 unspecified atom stereocenters. The van der Waals surface area contributed by atoms with Crippen molar-refractivity contribution >= 4 is 11.8 Å². The molecule has 3 heterocycles. The predicted octanol–water partition coefficient (Wildman–Crippen LogP) is 2.99. The summed E-state index contributed by atoms with van der Waals surface area (Å²) in [5, 5.41) is 2.46. The fraction of sp³-hybridized carbons (Fsp3) is 0.429. The molecule has 0 spiro atoms. The van der Waals surface area contributed by atoms with E-state index in [4.69, 9.17) is 4.74 Å². The number of nitrogens with zero attached hydrogens (tertiary/aromatic N) is 2. The van der Waals surface area contributed by atoms with Crippen LogP contribution in [0.3, 0.4) is 0 Å². The molecule has 2 aromatic rings. The molecular weight excluding hydrogens is 399 g/mol. The van der Waals surface area contributed by atoms with Crippen molar-refractivity contribution < 1.29 is 27.5 Å². The summed E-state index contributed by atoms with van der Waals surface area (Å²) >= 11 is 0. The van der Waals surface area contributed by atoms with Gasteiger partial charge in [0, 0.05) is 43.4 Å². The molecule has 1 aromatic heterocycles. The zero-order valence-corrected chi connectivity index (χ0v) is 16.5. The van der Waals surface area contributed by atoms with Gasteiger partial charge in [0.15, 0.2) is 0 Å². The van der Waals surface area contributed by atoms with Crippen molar-refractivity contribution in [2.45, 2.75) is 45.5 Å². The van der Waals surface area contributed by atoms with Crippen LogP contribution in [0, 0.1) is 17.5 Å². The van der Waals surface area contributed by atoms with E-state index in [2.05, 4.69) is 5.32 Å². The van der Waals surface area contributed by atoms with E-state index < -0.39 is 35.5 Å². The van der Waals surface area contributed by atoms with Gasteiger partial charge in [0.1, 0.15) is 23.1 Å². The van der Waals surface area contributed by atoms with Crippen molar-refractivity contribution in [3.8, 4) is 0 Å². The topological polar surface area (TPSA) is 63.6 Å². The molecule has 1 fully saturated rings. The minimum atomic E-state index is -1.08. The summed E-state index contributed by atoms with van der Waals surface area (Å²) in [4.78, 5) is 27.6. The van der Waals surface area contributed by atoms with Crippen LogP contribution in [0.1, 0.15) is 51.9 Å². The molecule has 0 saturated carbocycles. The number of rotatable bonds is 4. The highest BCUT2D eigenvalue weighted by atomic mass is 19.1. The Kier molecular flexibility index (Phi) is 5.55.